The van der Waals surface area contributed by atoms with Gasteiger partial charge in [0, 0.05) is 57.5 Å². The number of nitrogens with zero attached hydrogens (tertiary/aromatic N) is 4. The molecule has 1 amide bonds. The fourth-order valence-corrected chi connectivity index (χ4v) is 4.42. The number of para-hydroxylation sites is 1. The molecule has 4 rings (SSSR count). The molecular formula is C22H28N4O2. The minimum absolute atomic E-state index is 0.109. The number of hydrogen-bond acceptors (Lipinski definition) is 3. The molecule has 3 aromatic rings. The number of carbonyl (C=O) groups excluding carboxylic acids is 1. The van der Waals surface area contributed by atoms with Crippen LogP contribution in [0.4, 0.5) is 0 Å². The molecule has 1 aliphatic heterocycles. The van der Waals surface area contributed by atoms with Crippen LogP contribution in [0.2, 0.25) is 0 Å². The zero-order valence-electron chi connectivity index (χ0n) is 16.9. The number of hydrogen-bond donors (Lipinski definition) is 0. The maximum atomic E-state index is 13.3. The number of ether oxygens (including phenoxy) is 1. The van der Waals surface area contributed by atoms with E-state index in [0.717, 1.165) is 48.4 Å². The van der Waals surface area contributed by atoms with Gasteiger partial charge in [0.25, 0.3) is 5.91 Å². The van der Waals surface area contributed by atoms with Crippen molar-refractivity contribution >= 4 is 16.8 Å². The number of benzene rings is 1. The smallest absolute Gasteiger partial charge is 0.270 e. The summed E-state index contributed by atoms with van der Waals surface area (Å²) in [6.07, 6.45) is 5.90. The van der Waals surface area contributed by atoms with Crippen molar-refractivity contribution in [2.24, 2.45) is 7.05 Å². The molecule has 1 saturated heterocycles. The van der Waals surface area contributed by atoms with Gasteiger partial charge in [-0.2, -0.15) is 0 Å². The third-order valence-corrected chi connectivity index (χ3v) is 5.83. The van der Waals surface area contributed by atoms with Gasteiger partial charge in [0.15, 0.2) is 0 Å². The summed E-state index contributed by atoms with van der Waals surface area (Å²) in [6, 6.07) is 8.23. The Hall–Kier alpha value is -2.60. The molecule has 6 heteroatoms. The average molecular weight is 380 g/mol. The molecule has 0 bridgehead atoms. The molecule has 0 spiro atoms. The van der Waals surface area contributed by atoms with E-state index in [4.69, 9.17) is 4.74 Å². The van der Waals surface area contributed by atoms with E-state index in [-0.39, 0.29) is 11.8 Å². The Morgan fingerprint density at radius 1 is 1.36 bits per heavy atom. The van der Waals surface area contributed by atoms with Crippen molar-refractivity contribution in [3.63, 3.8) is 0 Å². The highest BCUT2D eigenvalue weighted by molar-refractivity contribution is 5.99. The number of methoxy groups -OCH3 is 1. The van der Waals surface area contributed by atoms with Gasteiger partial charge in [0.05, 0.1) is 12.1 Å². The lowest BCUT2D eigenvalue weighted by atomic mass is 9.96. The van der Waals surface area contributed by atoms with Crippen LogP contribution in [-0.4, -0.2) is 51.7 Å². The first kappa shape index (κ1) is 18.7. The van der Waals surface area contributed by atoms with E-state index in [2.05, 4.69) is 28.6 Å². The second kappa shape index (κ2) is 7.80. The summed E-state index contributed by atoms with van der Waals surface area (Å²) >= 11 is 0. The van der Waals surface area contributed by atoms with Crippen molar-refractivity contribution < 1.29 is 9.53 Å². The highest BCUT2D eigenvalue weighted by Gasteiger charge is 2.29. The summed E-state index contributed by atoms with van der Waals surface area (Å²) in [4.78, 5) is 19.9. The number of piperidine rings is 1. The molecule has 1 aromatic carbocycles. The zero-order chi connectivity index (χ0) is 19.7. The van der Waals surface area contributed by atoms with E-state index in [9.17, 15) is 4.79 Å². The van der Waals surface area contributed by atoms with Crippen LogP contribution < -0.4 is 0 Å². The number of rotatable bonds is 5. The highest BCUT2D eigenvalue weighted by atomic mass is 16.5. The summed E-state index contributed by atoms with van der Waals surface area (Å²) in [5, 5.41) is 1.12. The quantitative estimate of drug-likeness (QED) is 0.682. The largest absolute Gasteiger partial charge is 0.383 e. The molecule has 1 atom stereocenters. The molecule has 0 radical (unpaired) electrons. The first-order valence-corrected chi connectivity index (χ1v) is 9.94. The number of aromatic nitrogens is 3. The van der Waals surface area contributed by atoms with Crippen LogP contribution in [0.3, 0.4) is 0 Å². The molecule has 1 fully saturated rings. The number of aryl methyl sites for hydroxylation is 2. The summed E-state index contributed by atoms with van der Waals surface area (Å²) in [5.74, 6) is 1.43. The fourth-order valence-electron chi connectivity index (χ4n) is 4.42. The summed E-state index contributed by atoms with van der Waals surface area (Å²) < 4.78 is 9.40. The Balaban J connectivity index is 1.57. The van der Waals surface area contributed by atoms with Crippen molar-refractivity contribution in [3.05, 3.63) is 53.7 Å². The number of carbonyl (C=O) groups is 1. The maximum Gasteiger partial charge on any atom is 0.270 e. The van der Waals surface area contributed by atoms with E-state index in [0.29, 0.717) is 13.2 Å². The van der Waals surface area contributed by atoms with Crippen molar-refractivity contribution in [2.75, 3.05) is 26.8 Å². The van der Waals surface area contributed by atoms with Crippen LogP contribution in [-0.2, 0) is 18.3 Å². The van der Waals surface area contributed by atoms with Crippen LogP contribution >= 0.6 is 0 Å². The maximum absolute atomic E-state index is 13.3. The van der Waals surface area contributed by atoms with Crippen LogP contribution in [0.1, 0.15) is 40.6 Å². The van der Waals surface area contributed by atoms with Gasteiger partial charge < -0.3 is 18.8 Å². The highest BCUT2D eigenvalue weighted by Crippen LogP contribution is 2.28. The van der Waals surface area contributed by atoms with Gasteiger partial charge in [-0.15, -0.1) is 0 Å². The average Bonchev–Trinajstić information content (AvgIpc) is 3.31. The molecule has 0 saturated carbocycles. The topological polar surface area (TPSA) is 52.3 Å². The van der Waals surface area contributed by atoms with Crippen molar-refractivity contribution in [1.82, 2.24) is 19.0 Å². The van der Waals surface area contributed by atoms with Crippen LogP contribution in [0.25, 0.3) is 10.9 Å². The number of imidazole rings is 1. The summed E-state index contributed by atoms with van der Waals surface area (Å²) in [5.41, 5.74) is 3.08. The van der Waals surface area contributed by atoms with Crippen LogP contribution in [0.5, 0.6) is 0 Å². The first-order chi connectivity index (χ1) is 13.6. The number of amides is 1. The Bertz CT molecular complexity index is 988. The Morgan fingerprint density at radius 2 is 2.21 bits per heavy atom. The Morgan fingerprint density at radius 3 is 3.00 bits per heavy atom. The van der Waals surface area contributed by atoms with Crippen molar-refractivity contribution in [1.29, 1.82) is 0 Å². The van der Waals surface area contributed by atoms with Gasteiger partial charge in [0.2, 0.25) is 0 Å². The lowest BCUT2D eigenvalue weighted by Gasteiger charge is -2.32. The van der Waals surface area contributed by atoms with E-state index in [1.165, 1.54) is 5.56 Å². The van der Waals surface area contributed by atoms with Gasteiger partial charge in [0.1, 0.15) is 11.5 Å². The van der Waals surface area contributed by atoms with Crippen LogP contribution in [0, 0.1) is 6.92 Å². The lowest BCUT2D eigenvalue weighted by molar-refractivity contribution is 0.0693. The first-order valence-electron chi connectivity index (χ1n) is 9.94. The predicted molar refractivity (Wildman–Crippen MR) is 110 cm³/mol. The Kier molecular flexibility index (Phi) is 5.22. The summed E-state index contributed by atoms with van der Waals surface area (Å²) in [6.45, 7) is 5.05. The molecule has 6 nitrogen and oxygen atoms in total. The fraction of sp³-hybridized carbons (Fsp3) is 0.455. The second-order valence-corrected chi connectivity index (χ2v) is 7.66. The molecule has 3 heterocycles. The third kappa shape index (κ3) is 3.33. The standard InChI is InChI=1S/C22H28N4O2/c1-16-6-4-7-17-14-19(24(2)20(16)17)22(27)26-10-5-8-18(15-26)21-23-9-11-25(21)12-13-28-3/h4,6-7,9,11,14,18H,5,8,10,12-13,15H2,1-3H3/t18-/m1/s1. The molecular weight excluding hydrogens is 352 g/mol. The van der Waals surface area contributed by atoms with E-state index < -0.39 is 0 Å². The third-order valence-electron chi connectivity index (χ3n) is 5.83. The van der Waals surface area contributed by atoms with Gasteiger partial charge >= 0.3 is 0 Å². The van der Waals surface area contributed by atoms with Gasteiger partial charge in [-0.3, -0.25) is 4.79 Å². The predicted octanol–water partition coefficient (Wildman–Crippen LogP) is 3.35. The molecule has 0 unspecified atom stereocenters. The minimum Gasteiger partial charge on any atom is -0.383 e. The van der Waals surface area contributed by atoms with Crippen molar-refractivity contribution in [2.45, 2.75) is 32.2 Å². The molecule has 148 valence electrons. The Labute approximate surface area is 165 Å². The molecule has 0 aliphatic carbocycles. The summed E-state index contributed by atoms with van der Waals surface area (Å²) in [7, 11) is 3.70. The van der Waals surface area contributed by atoms with Gasteiger partial charge in [-0.05, 0) is 31.4 Å². The second-order valence-electron chi connectivity index (χ2n) is 7.66. The minimum atomic E-state index is 0.109. The number of fused-ring (bicyclic) bond motifs is 1. The molecule has 28 heavy (non-hydrogen) atoms. The normalized spacial score (nSPS) is 17.4. The molecule has 0 N–H and O–H groups in total. The van der Waals surface area contributed by atoms with E-state index in [1.54, 1.807) is 7.11 Å². The van der Waals surface area contributed by atoms with Gasteiger partial charge in [-0.25, -0.2) is 4.98 Å². The zero-order valence-corrected chi connectivity index (χ0v) is 16.9. The van der Waals surface area contributed by atoms with E-state index >= 15 is 0 Å². The lowest BCUT2D eigenvalue weighted by Crippen LogP contribution is -2.40. The van der Waals surface area contributed by atoms with Gasteiger partial charge in [-0.1, -0.05) is 18.2 Å². The van der Waals surface area contributed by atoms with Crippen molar-refractivity contribution in [3.8, 4) is 0 Å². The van der Waals surface area contributed by atoms with Crippen LogP contribution in [0.15, 0.2) is 36.7 Å². The van der Waals surface area contributed by atoms with E-state index in [1.807, 2.05) is 41.0 Å². The molecule has 1 aliphatic rings. The SMILES string of the molecule is COCCn1ccnc1[C@@H]1CCCN(C(=O)c2cc3cccc(C)c3n2C)C1. The number of likely N-dealkylation sites (tertiary alicyclic amines) is 1. The monoisotopic (exact) mass is 380 g/mol. The molecule has 2 aromatic heterocycles.